The zero-order valence-corrected chi connectivity index (χ0v) is 14.5. The molecule has 1 amide bonds. The molecule has 1 aromatic carbocycles. The van der Waals surface area contributed by atoms with Crippen molar-refractivity contribution in [2.24, 2.45) is 0 Å². The molecule has 0 radical (unpaired) electrons. The lowest BCUT2D eigenvalue weighted by atomic mass is 10.2. The largest absolute Gasteiger partial charge is 0.354 e. The Morgan fingerprint density at radius 1 is 1.32 bits per heavy atom. The summed E-state index contributed by atoms with van der Waals surface area (Å²) < 4.78 is 2.09. The van der Waals surface area contributed by atoms with E-state index in [1.165, 1.54) is 5.56 Å². The van der Waals surface area contributed by atoms with Gasteiger partial charge in [-0.1, -0.05) is 13.0 Å². The summed E-state index contributed by atoms with van der Waals surface area (Å²) in [6.07, 6.45) is 1.48. The van der Waals surface area contributed by atoms with Crippen molar-refractivity contribution < 1.29 is 4.79 Å². The highest BCUT2D eigenvalue weighted by Gasteiger charge is 2.04. The molecule has 0 aliphatic carbocycles. The Morgan fingerprint density at radius 2 is 2.05 bits per heavy atom. The van der Waals surface area contributed by atoms with Gasteiger partial charge in [-0.3, -0.25) is 4.79 Å². The summed E-state index contributed by atoms with van der Waals surface area (Å²) in [6, 6.07) is 6.39. The molecule has 2 N–H and O–H groups in total. The van der Waals surface area contributed by atoms with Crippen molar-refractivity contribution in [3.8, 4) is 0 Å². The monoisotopic (exact) mass is 390 g/mol. The van der Waals surface area contributed by atoms with E-state index in [1.807, 2.05) is 13.0 Å². The van der Waals surface area contributed by atoms with E-state index in [0.717, 1.165) is 21.9 Å². The summed E-state index contributed by atoms with van der Waals surface area (Å²) >= 11 is 6.91. The summed E-state index contributed by atoms with van der Waals surface area (Å²) in [7, 11) is 0. The Bertz CT molecular complexity index is 424. The Hall–Kier alpha value is -0.390. The first-order valence-electron chi connectivity index (χ1n) is 6.47. The number of benzene rings is 1. The number of carbonyl (C=O) groups excluding carboxylic acids is 1. The number of hydrogen-bond donors (Lipinski definition) is 2. The Kier molecular flexibility index (Phi) is 7.64. The second-order valence-electron chi connectivity index (χ2n) is 4.55. The van der Waals surface area contributed by atoms with E-state index in [2.05, 4.69) is 61.5 Å². The van der Waals surface area contributed by atoms with Crippen molar-refractivity contribution in [3.63, 3.8) is 0 Å². The molecule has 0 saturated heterocycles. The lowest BCUT2D eigenvalue weighted by Gasteiger charge is -2.11. The van der Waals surface area contributed by atoms with Gasteiger partial charge in [-0.2, -0.15) is 0 Å². The van der Waals surface area contributed by atoms with Crippen molar-refractivity contribution in [3.05, 3.63) is 32.7 Å². The summed E-state index contributed by atoms with van der Waals surface area (Å²) in [5, 5.41) is 6.23. The van der Waals surface area contributed by atoms with Gasteiger partial charge in [0.25, 0.3) is 0 Å². The molecular formula is C14H20Br2N2O. The molecule has 0 aliphatic rings. The number of rotatable bonds is 7. The zero-order chi connectivity index (χ0) is 14.3. The first-order valence-corrected chi connectivity index (χ1v) is 8.05. The molecule has 0 aromatic heterocycles. The lowest BCUT2D eigenvalue weighted by molar-refractivity contribution is -0.121. The van der Waals surface area contributed by atoms with Gasteiger partial charge >= 0.3 is 0 Å². The fourth-order valence-electron chi connectivity index (χ4n) is 1.53. The zero-order valence-electron chi connectivity index (χ0n) is 11.3. The summed E-state index contributed by atoms with van der Waals surface area (Å²) in [6.45, 7) is 5.54. The van der Waals surface area contributed by atoms with Crippen LogP contribution in [0, 0.1) is 0 Å². The number of nitrogens with one attached hydrogen (secondary N) is 2. The van der Waals surface area contributed by atoms with Gasteiger partial charge in [0, 0.05) is 34.5 Å². The fraction of sp³-hybridized carbons (Fsp3) is 0.500. The normalized spacial score (nSPS) is 12.2. The van der Waals surface area contributed by atoms with Crippen LogP contribution < -0.4 is 10.6 Å². The summed E-state index contributed by atoms with van der Waals surface area (Å²) in [5.74, 6) is 0.110. The van der Waals surface area contributed by atoms with Crippen LogP contribution in [0.3, 0.4) is 0 Å². The quantitative estimate of drug-likeness (QED) is 0.697. The number of halogens is 2. The van der Waals surface area contributed by atoms with E-state index >= 15 is 0 Å². The van der Waals surface area contributed by atoms with Crippen molar-refractivity contribution in [2.75, 3.05) is 6.54 Å². The predicted octanol–water partition coefficient (Wildman–Crippen LogP) is 3.61. The van der Waals surface area contributed by atoms with Crippen LogP contribution in [-0.4, -0.2) is 18.5 Å². The molecule has 0 spiro atoms. The van der Waals surface area contributed by atoms with Gasteiger partial charge in [-0.15, -0.1) is 0 Å². The number of carbonyl (C=O) groups is 1. The molecule has 106 valence electrons. The fourth-order valence-corrected chi connectivity index (χ4v) is 2.21. The summed E-state index contributed by atoms with van der Waals surface area (Å²) in [5.41, 5.74) is 1.19. The van der Waals surface area contributed by atoms with E-state index in [0.29, 0.717) is 13.0 Å². The molecule has 1 aromatic rings. The molecule has 1 rings (SSSR count). The third-order valence-corrected chi connectivity index (χ3v) is 4.74. The van der Waals surface area contributed by atoms with E-state index in [1.54, 1.807) is 0 Å². The average molecular weight is 392 g/mol. The van der Waals surface area contributed by atoms with Gasteiger partial charge in [0.1, 0.15) is 0 Å². The topological polar surface area (TPSA) is 41.1 Å². The molecule has 1 unspecified atom stereocenters. The van der Waals surface area contributed by atoms with Crippen molar-refractivity contribution in [1.29, 1.82) is 0 Å². The van der Waals surface area contributed by atoms with Crippen LogP contribution in [0.5, 0.6) is 0 Å². The van der Waals surface area contributed by atoms with Crippen LogP contribution in [0.2, 0.25) is 0 Å². The maximum atomic E-state index is 11.6. The molecule has 3 nitrogen and oxygen atoms in total. The Balaban J connectivity index is 2.23. The van der Waals surface area contributed by atoms with Crippen LogP contribution in [0.4, 0.5) is 0 Å². The van der Waals surface area contributed by atoms with Gasteiger partial charge in [0.15, 0.2) is 0 Å². The average Bonchev–Trinajstić information content (AvgIpc) is 2.38. The van der Waals surface area contributed by atoms with Gasteiger partial charge in [-0.05, 0) is 62.9 Å². The van der Waals surface area contributed by atoms with Gasteiger partial charge < -0.3 is 10.6 Å². The highest BCUT2D eigenvalue weighted by Crippen LogP contribution is 2.23. The highest BCUT2D eigenvalue weighted by molar-refractivity contribution is 9.13. The molecule has 0 fully saturated rings. The van der Waals surface area contributed by atoms with Gasteiger partial charge in [0.05, 0.1) is 0 Å². The molecule has 19 heavy (non-hydrogen) atoms. The Labute approximate surface area is 131 Å². The third kappa shape index (κ3) is 6.54. The Morgan fingerprint density at radius 3 is 2.68 bits per heavy atom. The molecule has 0 bridgehead atoms. The molecular weight excluding hydrogens is 372 g/mol. The molecule has 0 saturated carbocycles. The van der Waals surface area contributed by atoms with Crippen molar-refractivity contribution >= 4 is 37.8 Å². The van der Waals surface area contributed by atoms with Crippen LogP contribution in [0.25, 0.3) is 0 Å². The third-order valence-electron chi connectivity index (χ3n) is 2.86. The minimum absolute atomic E-state index is 0.110. The van der Waals surface area contributed by atoms with Crippen LogP contribution >= 0.6 is 31.9 Å². The van der Waals surface area contributed by atoms with Gasteiger partial charge in [-0.25, -0.2) is 0 Å². The standard InChI is InChI=1S/C14H20Br2N2O/c1-3-10(2)18-14(19)6-7-17-9-11-4-5-12(15)13(16)8-11/h4-5,8,10,17H,3,6-7,9H2,1-2H3,(H,18,19). The molecule has 0 aliphatic heterocycles. The minimum Gasteiger partial charge on any atom is -0.354 e. The molecule has 5 heteroatoms. The second kappa shape index (κ2) is 8.72. The van der Waals surface area contributed by atoms with E-state index in [4.69, 9.17) is 0 Å². The van der Waals surface area contributed by atoms with E-state index in [9.17, 15) is 4.79 Å². The van der Waals surface area contributed by atoms with Crippen molar-refractivity contribution in [2.45, 2.75) is 39.3 Å². The minimum atomic E-state index is 0.110. The maximum absolute atomic E-state index is 11.6. The first-order chi connectivity index (χ1) is 9.02. The van der Waals surface area contributed by atoms with E-state index in [-0.39, 0.29) is 11.9 Å². The maximum Gasteiger partial charge on any atom is 0.221 e. The van der Waals surface area contributed by atoms with E-state index < -0.39 is 0 Å². The second-order valence-corrected chi connectivity index (χ2v) is 6.26. The first kappa shape index (κ1) is 16.7. The SMILES string of the molecule is CCC(C)NC(=O)CCNCc1ccc(Br)c(Br)c1. The predicted molar refractivity (Wildman–Crippen MR) is 86.1 cm³/mol. The van der Waals surface area contributed by atoms with Crippen LogP contribution in [0.1, 0.15) is 32.3 Å². The summed E-state index contributed by atoms with van der Waals surface area (Å²) in [4.78, 5) is 11.6. The number of hydrogen-bond acceptors (Lipinski definition) is 2. The molecule has 0 heterocycles. The van der Waals surface area contributed by atoms with Gasteiger partial charge in [0.2, 0.25) is 5.91 Å². The smallest absolute Gasteiger partial charge is 0.221 e. The van der Waals surface area contributed by atoms with Crippen LogP contribution in [0.15, 0.2) is 27.1 Å². The lowest BCUT2D eigenvalue weighted by Crippen LogP contribution is -2.33. The van der Waals surface area contributed by atoms with Crippen LogP contribution in [-0.2, 0) is 11.3 Å². The van der Waals surface area contributed by atoms with Crippen molar-refractivity contribution in [1.82, 2.24) is 10.6 Å². The highest BCUT2D eigenvalue weighted by atomic mass is 79.9. The molecule has 1 atom stereocenters. The number of amides is 1.